The van der Waals surface area contributed by atoms with E-state index in [1.165, 1.54) is 12.1 Å². The molecule has 0 unspecified atom stereocenters. The molecule has 0 radical (unpaired) electrons. The molecule has 2 aromatic carbocycles. The Bertz CT molecular complexity index is 758. The third kappa shape index (κ3) is 3.79. The fourth-order valence-electron chi connectivity index (χ4n) is 1.97. The van der Waals surface area contributed by atoms with Gasteiger partial charge in [0.2, 0.25) is 0 Å². The largest absolute Gasteiger partial charge is 0.416 e. The quantitative estimate of drug-likeness (QED) is 0.796. The van der Waals surface area contributed by atoms with Crippen LogP contribution in [0.4, 0.5) is 13.2 Å². The molecular weight excluding hydrogens is 317 g/mol. The molecule has 0 fully saturated rings. The van der Waals surface area contributed by atoms with Gasteiger partial charge in [-0.1, -0.05) is 6.07 Å². The van der Waals surface area contributed by atoms with Crippen LogP contribution >= 0.6 is 0 Å². The van der Waals surface area contributed by atoms with Crippen LogP contribution in [-0.4, -0.2) is 8.42 Å². The van der Waals surface area contributed by atoms with E-state index < -0.39 is 21.9 Å². The maximum atomic E-state index is 12.5. The van der Waals surface area contributed by atoms with Crippen LogP contribution in [0.2, 0.25) is 0 Å². The van der Waals surface area contributed by atoms with Crippen LogP contribution in [0.1, 0.15) is 16.7 Å². The van der Waals surface area contributed by atoms with E-state index in [-0.39, 0.29) is 10.6 Å². The summed E-state index contributed by atoms with van der Waals surface area (Å²) >= 11 is 0. The Balaban J connectivity index is 2.30. The highest BCUT2D eigenvalue weighted by Gasteiger charge is 2.30. The molecule has 2 aromatic rings. The first kappa shape index (κ1) is 16.4. The minimum absolute atomic E-state index is 0.123. The summed E-state index contributed by atoms with van der Waals surface area (Å²) in [5, 5.41) is 0. The number of alkyl halides is 3. The van der Waals surface area contributed by atoms with Gasteiger partial charge in [-0.25, -0.2) is 0 Å². The van der Waals surface area contributed by atoms with Gasteiger partial charge in [0.25, 0.3) is 0 Å². The predicted octanol–water partition coefficient (Wildman–Crippen LogP) is 4.09. The van der Waals surface area contributed by atoms with E-state index in [1.807, 2.05) is 6.07 Å². The average Bonchev–Trinajstić information content (AvgIpc) is 2.36. The second-order valence-electron chi connectivity index (χ2n) is 4.88. The van der Waals surface area contributed by atoms with Gasteiger partial charge in [0, 0.05) is 0 Å². The van der Waals surface area contributed by atoms with E-state index in [2.05, 4.69) is 0 Å². The van der Waals surface area contributed by atoms with Gasteiger partial charge in [-0.15, -0.1) is 0 Å². The molecule has 0 aliphatic carbocycles. The van der Waals surface area contributed by atoms with Crippen LogP contribution in [0.3, 0.4) is 0 Å². The summed E-state index contributed by atoms with van der Waals surface area (Å²) in [6, 6.07) is 8.08. The minimum atomic E-state index is -4.52. The predicted molar refractivity (Wildman–Crippen MR) is 75.2 cm³/mol. The van der Waals surface area contributed by atoms with Crippen molar-refractivity contribution < 1.29 is 25.8 Å². The van der Waals surface area contributed by atoms with Crippen molar-refractivity contribution in [2.75, 3.05) is 0 Å². The molecular formula is C15H13F3O3S. The van der Waals surface area contributed by atoms with Crippen LogP contribution in [0.15, 0.2) is 47.4 Å². The topological polar surface area (TPSA) is 43.4 Å². The van der Waals surface area contributed by atoms with Crippen molar-refractivity contribution in [2.24, 2.45) is 0 Å². The molecule has 118 valence electrons. The number of hydrogen-bond acceptors (Lipinski definition) is 3. The van der Waals surface area contributed by atoms with Crippen molar-refractivity contribution in [1.82, 2.24) is 0 Å². The first-order valence-electron chi connectivity index (χ1n) is 6.28. The molecule has 0 saturated carbocycles. The Kier molecular flexibility index (Phi) is 4.19. The molecule has 3 nitrogen and oxygen atoms in total. The summed E-state index contributed by atoms with van der Waals surface area (Å²) < 4.78 is 66.5. The van der Waals surface area contributed by atoms with Gasteiger partial charge in [0.15, 0.2) is 0 Å². The van der Waals surface area contributed by atoms with Crippen molar-refractivity contribution in [2.45, 2.75) is 24.9 Å². The van der Waals surface area contributed by atoms with Crippen molar-refractivity contribution in [3.05, 3.63) is 59.2 Å². The van der Waals surface area contributed by atoms with E-state index in [1.54, 1.807) is 13.8 Å². The lowest BCUT2D eigenvalue weighted by atomic mass is 10.1. The Hall–Kier alpha value is -2.02. The standard InChI is InChI=1S/C15H13F3O3S/c1-10-7-11(2)9-13(8-10)21-22(19,20)14-5-3-12(4-6-14)15(16,17)18/h3-9H,1-2H3. The molecule has 0 aliphatic rings. The number of aryl methyl sites for hydroxylation is 2. The molecule has 0 amide bonds. The first-order chi connectivity index (χ1) is 10.1. The molecule has 0 saturated heterocycles. The molecule has 22 heavy (non-hydrogen) atoms. The van der Waals surface area contributed by atoms with E-state index in [0.29, 0.717) is 12.1 Å². The van der Waals surface area contributed by atoms with Crippen molar-refractivity contribution in [3.63, 3.8) is 0 Å². The normalized spacial score (nSPS) is 12.2. The summed E-state index contributed by atoms with van der Waals surface area (Å²) in [7, 11) is -4.18. The molecule has 2 rings (SSSR count). The van der Waals surface area contributed by atoms with E-state index in [4.69, 9.17) is 4.18 Å². The molecule has 0 aromatic heterocycles. The zero-order valence-electron chi connectivity index (χ0n) is 11.8. The van der Waals surface area contributed by atoms with Gasteiger partial charge in [-0.2, -0.15) is 21.6 Å². The summed E-state index contributed by atoms with van der Waals surface area (Å²) in [5.74, 6) is 0.123. The van der Waals surface area contributed by atoms with Crippen molar-refractivity contribution in [1.29, 1.82) is 0 Å². The lowest BCUT2D eigenvalue weighted by Gasteiger charge is -2.10. The second-order valence-corrected chi connectivity index (χ2v) is 6.43. The van der Waals surface area contributed by atoms with Crippen molar-refractivity contribution in [3.8, 4) is 5.75 Å². The monoisotopic (exact) mass is 330 g/mol. The van der Waals surface area contributed by atoms with Gasteiger partial charge in [-0.3, -0.25) is 0 Å². The number of halogens is 3. The zero-order chi connectivity index (χ0) is 16.5. The molecule has 0 spiro atoms. The van der Waals surface area contributed by atoms with Crippen LogP contribution in [0, 0.1) is 13.8 Å². The average molecular weight is 330 g/mol. The Morgan fingerprint density at radius 2 is 1.41 bits per heavy atom. The third-order valence-corrected chi connectivity index (χ3v) is 4.13. The third-order valence-electron chi connectivity index (χ3n) is 2.87. The van der Waals surface area contributed by atoms with Gasteiger partial charge in [-0.05, 0) is 61.4 Å². The zero-order valence-corrected chi connectivity index (χ0v) is 12.6. The number of rotatable bonds is 3. The Morgan fingerprint density at radius 1 is 0.909 bits per heavy atom. The summed E-state index contributed by atoms with van der Waals surface area (Å²) in [6.45, 7) is 3.56. The van der Waals surface area contributed by atoms with Gasteiger partial charge in [0.1, 0.15) is 10.6 Å². The number of hydrogen-bond donors (Lipinski definition) is 0. The highest BCUT2D eigenvalue weighted by atomic mass is 32.2. The van der Waals surface area contributed by atoms with Crippen LogP contribution in [0.25, 0.3) is 0 Å². The fourth-order valence-corrected chi connectivity index (χ4v) is 2.88. The lowest BCUT2D eigenvalue weighted by molar-refractivity contribution is -0.137. The van der Waals surface area contributed by atoms with E-state index >= 15 is 0 Å². The molecule has 0 heterocycles. The SMILES string of the molecule is Cc1cc(C)cc(OS(=O)(=O)c2ccc(C(F)(F)F)cc2)c1. The summed E-state index contributed by atoms with van der Waals surface area (Å²) in [6.07, 6.45) is -4.52. The Labute approximate surface area is 126 Å². The summed E-state index contributed by atoms with van der Waals surface area (Å²) in [5.41, 5.74) is 0.716. The second kappa shape index (κ2) is 5.64. The molecule has 7 heteroatoms. The smallest absolute Gasteiger partial charge is 0.379 e. The van der Waals surface area contributed by atoms with Crippen molar-refractivity contribution >= 4 is 10.1 Å². The molecule has 0 aliphatic heterocycles. The van der Waals surface area contributed by atoms with Gasteiger partial charge < -0.3 is 4.18 Å². The van der Waals surface area contributed by atoms with Gasteiger partial charge in [0.05, 0.1) is 5.56 Å². The van der Waals surface area contributed by atoms with Crippen LogP contribution < -0.4 is 4.18 Å². The lowest BCUT2D eigenvalue weighted by Crippen LogP contribution is -2.11. The van der Waals surface area contributed by atoms with E-state index in [9.17, 15) is 21.6 Å². The van der Waals surface area contributed by atoms with Crippen LogP contribution in [-0.2, 0) is 16.3 Å². The van der Waals surface area contributed by atoms with Crippen LogP contribution in [0.5, 0.6) is 5.75 Å². The maximum Gasteiger partial charge on any atom is 0.416 e. The first-order valence-corrected chi connectivity index (χ1v) is 7.69. The van der Waals surface area contributed by atoms with Gasteiger partial charge >= 0.3 is 16.3 Å². The highest BCUT2D eigenvalue weighted by molar-refractivity contribution is 7.87. The maximum absolute atomic E-state index is 12.5. The Morgan fingerprint density at radius 3 is 1.86 bits per heavy atom. The summed E-state index contributed by atoms with van der Waals surface area (Å²) in [4.78, 5) is -0.334. The molecule has 0 bridgehead atoms. The number of benzene rings is 2. The van der Waals surface area contributed by atoms with E-state index in [0.717, 1.165) is 23.3 Å². The highest BCUT2D eigenvalue weighted by Crippen LogP contribution is 2.30. The minimum Gasteiger partial charge on any atom is -0.379 e. The molecule has 0 atom stereocenters. The molecule has 0 N–H and O–H groups in total. The fraction of sp³-hybridized carbons (Fsp3) is 0.200.